The highest BCUT2D eigenvalue weighted by Crippen LogP contribution is 2.18. The first-order chi connectivity index (χ1) is 9.08. The summed E-state index contributed by atoms with van der Waals surface area (Å²) in [6.07, 6.45) is 0.467. The zero-order valence-corrected chi connectivity index (χ0v) is 11.6. The maximum absolute atomic E-state index is 11.8. The fraction of sp³-hybridized carbons (Fsp3) is 0.818. The molecule has 0 saturated carbocycles. The molecule has 110 valence electrons. The van der Waals surface area contributed by atoms with Crippen LogP contribution in [0.25, 0.3) is 0 Å². The molecule has 1 aliphatic rings. The highest BCUT2D eigenvalue weighted by Gasteiger charge is 2.26. The van der Waals surface area contributed by atoms with Crippen LogP contribution < -0.4 is 11.3 Å². The molecule has 19 heavy (non-hydrogen) atoms. The van der Waals surface area contributed by atoms with Crippen molar-refractivity contribution in [3.8, 4) is 0 Å². The van der Waals surface area contributed by atoms with Crippen molar-refractivity contribution >= 4 is 23.6 Å². The third-order valence-electron chi connectivity index (χ3n) is 3.11. The van der Waals surface area contributed by atoms with E-state index in [0.29, 0.717) is 31.7 Å². The number of hydrazine groups is 1. The molecule has 5 N–H and O–H groups in total. The summed E-state index contributed by atoms with van der Waals surface area (Å²) in [6.45, 7) is 0.820. The van der Waals surface area contributed by atoms with E-state index in [0.717, 1.165) is 0 Å². The molecule has 1 fully saturated rings. The zero-order valence-electron chi connectivity index (χ0n) is 10.7. The number of thioether (sulfide) groups is 1. The van der Waals surface area contributed by atoms with Crippen LogP contribution >= 0.6 is 11.8 Å². The number of nitrogens with zero attached hydrogens (tertiary/aromatic N) is 1. The lowest BCUT2D eigenvalue weighted by Gasteiger charge is -2.31. The summed E-state index contributed by atoms with van der Waals surface area (Å²) < 4.78 is 0. The average molecular weight is 291 g/mol. The first kappa shape index (κ1) is 16.2. The Kier molecular flexibility index (Phi) is 7.14. The summed E-state index contributed by atoms with van der Waals surface area (Å²) >= 11 is 1.30. The van der Waals surface area contributed by atoms with E-state index in [1.807, 2.05) is 0 Å². The lowest BCUT2D eigenvalue weighted by molar-refractivity contribution is -0.133. The number of nitrogens with one attached hydrogen (secondary N) is 1. The number of amides is 2. The third-order valence-corrected chi connectivity index (χ3v) is 4.18. The summed E-state index contributed by atoms with van der Waals surface area (Å²) in [6, 6.07) is 0. The summed E-state index contributed by atoms with van der Waals surface area (Å²) in [4.78, 5) is 24.9. The Morgan fingerprint density at radius 3 is 2.58 bits per heavy atom. The smallest absolute Gasteiger partial charge is 0.237 e. The number of carbonyl (C=O) groups excluding carboxylic acids is 2. The molecule has 0 aromatic rings. The van der Waals surface area contributed by atoms with Gasteiger partial charge in [-0.3, -0.25) is 15.0 Å². The molecule has 0 aromatic heterocycles. The van der Waals surface area contributed by atoms with Gasteiger partial charge in [-0.25, -0.2) is 5.84 Å². The quantitative estimate of drug-likeness (QED) is 0.263. The van der Waals surface area contributed by atoms with Crippen LogP contribution in [0.5, 0.6) is 0 Å². The molecular formula is C11H21N3O4S. The number of rotatable bonds is 6. The number of hydrogen-bond acceptors (Lipinski definition) is 6. The first-order valence-electron chi connectivity index (χ1n) is 6.23. The van der Waals surface area contributed by atoms with Crippen LogP contribution in [0.2, 0.25) is 0 Å². The molecule has 1 rings (SSSR count). The number of nitrogens with two attached hydrogens (primary N) is 1. The van der Waals surface area contributed by atoms with Crippen LogP contribution in [-0.2, 0) is 9.59 Å². The predicted molar refractivity (Wildman–Crippen MR) is 72.1 cm³/mol. The van der Waals surface area contributed by atoms with Crippen molar-refractivity contribution in [3.05, 3.63) is 0 Å². The van der Waals surface area contributed by atoms with Gasteiger partial charge in [0.05, 0.1) is 18.5 Å². The van der Waals surface area contributed by atoms with E-state index < -0.39 is 6.10 Å². The van der Waals surface area contributed by atoms with Crippen molar-refractivity contribution in [1.82, 2.24) is 10.3 Å². The van der Waals surface area contributed by atoms with E-state index in [1.165, 1.54) is 11.8 Å². The van der Waals surface area contributed by atoms with Crippen LogP contribution in [0, 0.1) is 5.92 Å². The van der Waals surface area contributed by atoms with E-state index in [4.69, 9.17) is 16.1 Å². The number of carbonyl (C=O) groups is 2. The molecule has 0 bridgehead atoms. The van der Waals surface area contributed by atoms with Gasteiger partial charge in [-0.15, -0.1) is 11.8 Å². The standard InChI is InChI=1S/C11H21N3O4S/c12-13-11(18)8-1-3-14(4-2-8)10(17)7-19-6-9(16)5-15/h8-9,15-16H,1-7,12H2,(H,13,18). The van der Waals surface area contributed by atoms with Gasteiger partial charge >= 0.3 is 0 Å². The van der Waals surface area contributed by atoms with E-state index in [-0.39, 0.29) is 30.1 Å². The molecule has 2 amide bonds. The van der Waals surface area contributed by atoms with Gasteiger partial charge in [0.2, 0.25) is 11.8 Å². The molecular weight excluding hydrogens is 270 g/mol. The SMILES string of the molecule is NNC(=O)C1CCN(C(=O)CSCC(O)CO)CC1. The van der Waals surface area contributed by atoms with Gasteiger partial charge in [0.25, 0.3) is 0 Å². The molecule has 1 heterocycles. The van der Waals surface area contributed by atoms with Crippen molar-refractivity contribution in [2.24, 2.45) is 11.8 Å². The zero-order chi connectivity index (χ0) is 14.3. The van der Waals surface area contributed by atoms with Crippen molar-refractivity contribution in [1.29, 1.82) is 0 Å². The lowest BCUT2D eigenvalue weighted by atomic mass is 9.96. The van der Waals surface area contributed by atoms with Crippen molar-refractivity contribution < 1.29 is 19.8 Å². The van der Waals surface area contributed by atoms with E-state index >= 15 is 0 Å². The van der Waals surface area contributed by atoms with Gasteiger partial charge in [-0.1, -0.05) is 0 Å². The largest absolute Gasteiger partial charge is 0.394 e. The summed E-state index contributed by atoms with van der Waals surface area (Å²) in [5.41, 5.74) is 2.13. The van der Waals surface area contributed by atoms with Crippen molar-refractivity contribution in [3.63, 3.8) is 0 Å². The number of likely N-dealkylation sites (tertiary alicyclic amines) is 1. The molecule has 0 aliphatic carbocycles. The normalized spacial score (nSPS) is 18.2. The van der Waals surface area contributed by atoms with Crippen LogP contribution in [0.15, 0.2) is 0 Å². The molecule has 8 heteroatoms. The van der Waals surface area contributed by atoms with Crippen molar-refractivity contribution in [2.75, 3.05) is 31.2 Å². The summed E-state index contributed by atoms with van der Waals surface area (Å²) in [7, 11) is 0. The van der Waals surface area contributed by atoms with E-state index in [9.17, 15) is 9.59 Å². The molecule has 1 atom stereocenters. The Balaban J connectivity index is 2.23. The van der Waals surface area contributed by atoms with Crippen LogP contribution in [-0.4, -0.2) is 64.2 Å². The second-order valence-electron chi connectivity index (χ2n) is 4.52. The maximum atomic E-state index is 11.8. The van der Waals surface area contributed by atoms with Crippen LogP contribution in [0.1, 0.15) is 12.8 Å². The second-order valence-corrected chi connectivity index (χ2v) is 5.55. The highest BCUT2D eigenvalue weighted by atomic mass is 32.2. The predicted octanol–water partition coefficient (Wildman–Crippen LogP) is -1.70. The topological polar surface area (TPSA) is 116 Å². The van der Waals surface area contributed by atoms with Gasteiger partial charge in [-0.2, -0.15) is 0 Å². The molecule has 0 radical (unpaired) electrons. The Morgan fingerprint density at radius 2 is 2.05 bits per heavy atom. The maximum Gasteiger partial charge on any atom is 0.237 e. The third kappa shape index (κ3) is 5.35. The molecule has 1 saturated heterocycles. The van der Waals surface area contributed by atoms with Crippen molar-refractivity contribution in [2.45, 2.75) is 18.9 Å². The minimum Gasteiger partial charge on any atom is -0.394 e. The van der Waals surface area contributed by atoms with Crippen LogP contribution in [0.3, 0.4) is 0 Å². The number of aliphatic hydroxyl groups is 2. The van der Waals surface area contributed by atoms with Gasteiger partial charge in [0.15, 0.2) is 0 Å². The van der Waals surface area contributed by atoms with Gasteiger partial charge in [0.1, 0.15) is 0 Å². The van der Waals surface area contributed by atoms with E-state index in [2.05, 4.69) is 5.43 Å². The second kappa shape index (κ2) is 8.36. The van der Waals surface area contributed by atoms with Gasteiger partial charge < -0.3 is 15.1 Å². The lowest BCUT2D eigenvalue weighted by Crippen LogP contribution is -2.45. The minimum absolute atomic E-state index is 0.00162. The fourth-order valence-electron chi connectivity index (χ4n) is 1.94. The molecule has 0 spiro atoms. The van der Waals surface area contributed by atoms with Gasteiger partial charge in [-0.05, 0) is 12.8 Å². The Hall–Kier alpha value is -0.830. The highest BCUT2D eigenvalue weighted by molar-refractivity contribution is 7.99. The molecule has 0 aromatic carbocycles. The fourth-order valence-corrected chi connectivity index (χ4v) is 2.79. The number of aliphatic hydroxyl groups excluding tert-OH is 2. The first-order valence-corrected chi connectivity index (χ1v) is 7.38. The Morgan fingerprint density at radius 1 is 1.42 bits per heavy atom. The molecule has 7 nitrogen and oxygen atoms in total. The summed E-state index contributed by atoms with van der Waals surface area (Å²) in [5.74, 6) is 5.42. The monoisotopic (exact) mass is 291 g/mol. The Labute approximate surface area is 116 Å². The Bertz CT molecular complexity index is 308. The number of piperidine rings is 1. The van der Waals surface area contributed by atoms with E-state index in [1.54, 1.807) is 4.90 Å². The molecule has 1 unspecified atom stereocenters. The van der Waals surface area contributed by atoms with Crippen LogP contribution in [0.4, 0.5) is 0 Å². The minimum atomic E-state index is -0.781. The average Bonchev–Trinajstić information content (AvgIpc) is 2.46. The molecule has 1 aliphatic heterocycles. The number of hydrogen-bond donors (Lipinski definition) is 4. The van der Waals surface area contributed by atoms with Gasteiger partial charge in [0, 0.05) is 24.8 Å². The summed E-state index contributed by atoms with van der Waals surface area (Å²) in [5, 5.41) is 17.8.